The smallest absolute Gasteiger partial charge is 0.123 e. The van der Waals surface area contributed by atoms with Crippen LogP contribution in [-0.4, -0.2) is 17.9 Å². The van der Waals surface area contributed by atoms with Gasteiger partial charge in [0.2, 0.25) is 0 Å². The zero-order chi connectivity index (χ0) is 22.8. The van der Waals surface area contributed by atoms with Crippen LogP contribution in [0.25, 0.3) is 0 Å². The molecular formula is C28H34N2O. The molecule has 0 aromatic heterocycles. The Kier molecular flexibility index (Phi) is 6.26. The molecule has 0 aliphatic carbocycles. The van der Waals surface area contributed by atoms with E-state index in [-0.39, 0.29) is 10.8 Å². The Morgan fingerprint density at radius 3 is 1.61 bits per heavy atom. The van der Waals surface area contributed by atoms with Gasteiger partial charge >= 0.3 is 0 Å². The molecule has 0 aliphatic rings. The molecule has 3 aromatic rings. The lowest BCUT2D eigenvalue weighted by molar-refractivity contribution is 0.423. The van der Waals surface area contributed by atoms with Gasteiger partial charge in [0.15, 0.2) is 0 Å². The fraction of sp³-hybridized carbons (Fsp3) is 0.321. The zero-order valence-electron chi connectivity index (χ0n) is 19.8. The summed E-state index contributed by atoms with van der Waals surface area (Å²) in [6.45, 7) is 12.8. The van der Waals surface area contributed by atoms with E-state index in [9.17, 15) is 5.11 Å². The molecule has 0 radical (unpaired) electrons. The highest BCUT2D eigenvalue weighted by atomic mass is 16.3. The Labute approximate surface area is 187 Å². The molecular weight excluding hydrogens is 380 g/mol. The highest BCUT2D eigenvalue weighted by Gasteiger charge is 2.27. The number of phenolic OH excluding ortho intramolecular Hbond substituents is 1. The van der Waals surface area contributed by atoms with Crippen LogP contribution >= 0.6 is 0 Å². The minimum Gasteiger partial charge on any atom is -0.507 e. The highest BCUT2D eigenvalue weighted by molar-refractivity contribution is 6.13. The highest BCUT2D eigenvalue weighted by Crippen LogP contribution is 2.40. The predicted octanol–water partition coefficient (Wildman–Crippen LogP) is 6.88. The van der Waals surface area contributed by atoms with Crippen molar-refractivity contribution in [1.82, 2.24) is 0 Å². The van der Waals surface area contributed by atoms with Crippen LogP contribution in [0.5, 0.6) is 5.75 Å². The topological polar surface area (TPSA) is 35.8 Å². The second-order valence-corrected chi connectivity index (χ2v) is 10.1. The third-order valence-electron chi connectivity index (χ3n) is 5.43. The van der Waals surface area contributed by atoms with Gasteiger partial charge in [0.25, 0.3) is 0 Å². The molecule has 0 amide bonds. The molecule has 0 heterocycles. The molecule has 0 bridgehead atoms. The van der Waals surface area contributed by atoms with Gasteiger partial charge in [-0.1, -0.05) is 90.1 Å². The van der Waals surface area contributed by atoms with Crippen molar-refractivity contribution in [3.8, 4) is 5.75 Å². The molecule has 31 heavy (non-hydrogen) atoms. The van der Waals surface area contributed by atoms with Crippen LogP contribution in [0.1, 0.15) is 63.8 Å². The quantitative estimate of drug-likeness (QED) is 0.373. The Morgan fingerprint density at radius 2 is 1.16 bits per heavy atom. The maximum atomic E-state index is 11.1. The fourth-order valence-electron chi connectivity index (χ4n) is 3.64. The maximum absolute atomic E-state index is 11.1. The van der Waals surface area contributed by atoms with Crippen molar-refractivity contribution < 1.29 is 5.11 Å². The first-order valence-corrected chi connectivity index (χ1v) is 10.8. The normalized spacial score (nSPS) is 12.7. The number of para-hydroxylation sites is 1. The number of anilines is 1. The van der Waals surface area contributed by atoms with Gasteiger partial charge in [-0.2, -0.15) is 5.10 Å². The molecule has 0 fully saturated rings. The van der Waals surface area contributed by atoms with Crippen molar-refractivity contribution in [3.63, 3.8) is 0 Å². The van der Waals surface area contributed by atoms with Crippen molar-refractivity contribution >= 4 is 11.4 Å². The Balaban J connectivity index is 2.28. The molecule has 0 spiro atoms. The molecule has 162 valence electrons. The molecule has 0 unspecified atom stereocenters. The van der Waals surface area contributed by atoms with Gasteiger partial charge in [0.05, 0.1) is 11.4 Å². The summed E-state index contributed by atoms with van der Waals surface area (Å²) in [5.74, 6) is 0.382. The predicted molar refractivity (Wildman–Crippen MR) is 132 cm³/mol. The van der Waals surface area contributed by atoms with Crippen LogP contribution in [0.4, 0.5) is 5.69 Å². The van der Waals surface area contributed by atoms with Crippen LogP contribution in [0.2, 0.25) is 0 Å². The van der Waals surface area contributed by atoms with Crippen molar-refractivity contribution in [1.29, 1.82) is 0 Å². The van der Waals surface area contributed by atoms with Crippen LogP contribution in [0.3, 0.4) is 0 Å². The fourth-order valence-corrected chi connectivity index (χ4v) is 3.64. The van der Waals surface area contributed by atoms with Gasteiger partial charge < -0.3 is 5.11 Å². The first kappa shape index (κ1) is 22.6. The largest absolute Gasteiger partial charge is 0.507 e. The lowest BCUT2D eigenvalue weighted by Gasteiger charge is -2.28. The third-order valence-corrected chi connectivity index (χ3v) is 5.43. The van der Waals surface area contributed by atoms with E-state index in [2.05, 4.69) is 65.8 Å². The number of nitrogens with zero attached hydrogens (tertiary/aromatic N) is 2. The monoisotopic (exact) mass is 414 g/mol. The number of hydrazone groups is 1. The molecule has 1 N–H and O–H groups in total. The summed E-state index contributed by atoms with van der Waals surface area (Å²) in [6, 6.07) is 24.5. The Hall–Kier alpha value is -3.07. The summed E-state index contributed by atoms with van der Waals surface area (Å²) in [5.41, 5.74) is 5.39. The lowest BCUT2D eigenvalue weighted by atomic mass is 9.77. The summed E-state index contributed by atoms with van der Waals surface area (Å²) in [4.78, 5) is 0. The van der Waals surface area contributed by atoms with Crippen molar-refractivity contribution in [2.24, 2.45) is 5.10 Å². The van der Waals surface area contributed by atoms with Crippen LogP contribution in [-0.2, 0) is 10.8 Å². The summed E-state index contributed by atoms with van der Waals surface area (Å²) >= 11 is 0. The average molecular weight is 415 g/mol. The van der Waals surface area contributed by atoms with Gasteiger partial charge in [-0.3, -0.25) is 5.01 Å². The molecule has 3 nitrogen and oxygen atoms in total. The van der Waals surface area contributed by atoms with E-state index < -0.39 is 0 Å². The van der Waals surface area contributed by atoms with E-state index in [1.54, 1.807) is 0 Å². The van der Waals surface area contributed by atoms with Gasteiger partial charge in [-0.25, -0.2) is 0 Å². The molecule has 0 saturated heterocycles. The zero-order valence-corrected chi connectivity index (χ0v) is 19.8. The molecule has 3 aromatic carbocycles. The van der Waals surface area contributed by atoms with Crippen molar-refractivity contribution in [3.05, 3.63) is 95.1 Å². The van der Waals surface area contributed by atoms with Crippen LogP contribution in [0.15, 0.2) is 77.9 Å². The number of hydrogen-bond acceptors (Lipinski definition) is 3. The Bertz CT molecular complexity index is 1020. The van der Waals surface area contributed by atoms with E-state index >= 15 is 0 Å². The maximum Gasteiger partial charge on any atom is 0.123 e. The van der Waals surface area contributed by atoms with Crippen molar-refractivity contribution in [2.75, 3.05) is 12.1 Å². The number of hydrogen-bond donors (Lipinski definition) is 1. The average Bonchev–Trinajstić information content (AvgIpc) is 2.72. The van der Waals surface area contributed by atoms with Gasteiger partial charge in [-0.15, -0.1) is 0 Å². The standard InChI is InChI=1S/C28H34N2O/c1-27(2,3)23-18-21(19-24(26(23)31)28(4,5)6)25(20-14-10-8-11-15-20)29-30(7)22-16-12-9-13-17-22/h8-19,31H,1-7H3. The number of benzene rings is 3. The second kappa shape index (κ2) is 8.58. The SMILES string of the molecule is CN(N=C(c1ccccc1)c1cc(C(C)(C)C)c(O)c(C(C)(C)C)c1)c1ccccc1. The van der Waals surface area contributed by atoms with Gasteiger partial charge in [-0.05, 0) is 35.1 Å². The van der Waals surface area contributed by atoms with E-state index in [4.69, 9.17) is 5.10 Å². The number of phenols is 1. The van der Waals surface area contributed by atoms with Crippen molar-refractivity contribution in [2.45, 2.75) is 52.4 Å². The van der Waals surface area contributed by atoms with Crippen LogP contribution < -0.4 is 5.01 Å². The van der Waals surface area contributed by atoms with Gasteiger partial charge in [0.1, 0.15) is 5.75 Å². The summed E-state index contributed by atoms with van der Waals surface area (Å²) in [5, 5.41) is 18.1. The molecule has 0 saturated carbocycles. The first-order valence-electron chi connectivity index (χ1n) is 10.8. The molecule has 0 aliphatic heterocycles. The minimum absolute atomic E-state index is 0.201. The van der Waals surface area contributed by atoms with E-state index in [0.717, 1.165) is 33.7 Å². The number of aromatic hydroxyl groups is 1. The van der Waals surface area contributed by atoms with E-state index in [1.165, 1.54) is 0 Å². The van der Waals surface area contributed by atoms with E-state index in [0.29, 0.717) is 5.75 Å². The lowest BCUT2D eigenvalue weighted by Crippen LogP contribution is -2.20. The number of rotatable bonds is 4. The van der Waals surface area contributed by atoms with Crippen LogP contribution in [0, 0.1) is 0 Å². The van der Waals surface area contributed by atoms with E-state index in [1.807, 2.05) is 60.6 Å². The van der Waals surface area contributed by atoms with Gasteiger partial charge in [0, 0.05) is 29.3 Å². The molecule has 3 heteroatoms. The summed E-state index contributed by atoms with van der Waals surface area (Å²) in [7, 11) is 1.97. The summed E-state index contributed by atoms with van der Waals surface area (Å²) in [6.07, 6.45) is 0. The summed E-state index contributed by atoms with van der Waals surface area (Å²) < 4.78 is 0. The molecule has 3 rings (SSSR count). The first-order chi connectivity index (χ1) is 14.5. The second-order valence-electron chi connectivity index (χ2n) is 10.1. The third kappa shape index (κ3) is 5.16. The Morgan fingerprint density at radius 1 is 0.710 bits per heavy atom. The molecule has 0 atom stereocenters. The minimum atomic E-state index is -0.201.